The van der Waals surface area contributed by atoms with Crippen LogP contribution < -0.4 is 5.43 Å². The minimum Gasteiger partial charge on any atom is -0.477 e. The molecule has 3 aromatic rings. The van der Waals surface area contributed by atoms with E-state index in [1.165, 1.54) is 29.7 Å². The summed E-state index contributed by atoms with van der Waals surface area (Å²) in [5.41, 5.74) is -1.61. The van der Waals surface area contributed by atoms with Crippen molar-refractivity contribution in [1.82, 2.24) is 4.57 Å². The van der Waals surface area contributed by atoms with Crippen LogP contribution >= 0.6 is 11.6 Å². The molecule has 4 nitrogen and oxygen atoms in total. The van der Waals surface area contributed by atoms with Gasteiger partial charge in [-0.25, -0.2) is 18.0 Å². The first kappa shape index (κ1) is 20.7. The second kappa shape index (κ2) is 7.75. The predicted molar refractivity (Wildman–Crippen MR) is 104 cm³/mol. The molecule has 1 heterocycles. The summed E-state index contributed by atoms with van der Waals surface area (Å²) < 4.78 is 43.1. The van der Waals surface area contributed by atoms with E-state index in [0.717, 1.165) is 18.2 Å². The molecule has 0 unspecified atom stereocenters. The average Bonchev–Trinajstić information content (AvgIpc) is 2.65. The van der Waals surface area contributed by atoms with Gasteiger partial charge in [-0.1, -0.05) is 11.6 Å². The number of pyridine rings is 1. The third-order valence-corrected chi connectivity index (χ3v) is 4.89. The molecule has 0 amide bonds. The van der Waals surface area contributed by atoms with Gasteiger partial charge in [-0.05, 0) is 50.2 Å². The third-order valence-electron chi connectivity index (χ3n) is 4.65. The van der Waals surface area contributed by atoms with Crippen LogP contribution in [0, 0.1) is 24.4 Å². The van der Waals surface area contributed by atoms with Crippen molar-refractivity contribution in [3.8, 4) is 22.4 Å². The second-order valence-electron chi connectivity index (χ2n) is 6.32. The molecule has 0 aliphatic carbocycles. The number of hydrogen-bond acceptors (Lipinski definition) is 2. The molecule has 3 rings (SSSR count). The molecule has 8 heteroatoms. The molecule has 29 heavy (non-hydrogen) atoms. The van der Waals surface area contributed by atoms with Gasteiger partial charge in [-0.15, -0.1) is 0 Å². The van der Waals surface area contributed by atoms with Crippen LogP contribution in [0.25, 0.3) is 22.4 Å². The Bertz CT molecular complexity index is 1200. The SMILES string of the molecule is CCn1c(C)c(-c2ccc(Cl)cc2F)c(=O)c(C(=O)O)c1-c1ccc(F)c(F)c1. The molecule has 2 aromatic carbocycles. The number of benzene rings is 2. The minimum atomic E-state index is -1.56. The van der Waals surface area contributed by atoms with E-state index in [2.05, 4.69) is 0 Å². The third kappa shape index (κ3) is 3.53. The normalized spacial score (nSPS) is 11.0. The number of carboxylic acids is 1. The van der Waals surface area contributed by atoms with E-state index in [4.69, 9.17) is 11.6 Å². The van der Waals surface area contributed by atoms with Crippen LogP contribution in [0.2, 0.25) is 5.02 Å². The number of carboxylic acid groups (broad SMARTS) is 1. The number of carbonyl (C=O) groups is 1. The van der Waals surface area contributed by atoms with Crippen LogP contribution in [0.5, 0.6) is 0 Å². The fourth-order valence-electron chi connectivity index (χ4n) is 3.38. The van der Waals surface area contributed by atoms with Crippen molar-refractivity contribution in [3.63, 3.8) is 0 Å². The second-order valence-corrected chi connectivity index (χ2v) is 6.75. The van der Waals surface area contributed by atoms with Crippen LogP contribution in [0.15, 0.2) is 41.2 Å². The smallest absolute Gasteiger partial charge is 0.341 e. The molecule has 0 bridgehead atoms. The summed E-state index contributed by atoms with van der Waals surface area (Å²) in [6.07, 6.45) is 0. The number of rotatable bonds is 4. The highest BCUT2D eigenvalue weighted by atomic mass is 35.5. The van der Waals surface area contributed by atoms with Gasteiger partial charge >= 0.3 is 5.97 Å². The van der Waals surface area contributed by atoms with Gasteiger partial charge in [0.1, 0.15) is 11.4 Å². The van der Waals surface area contributed by atoms with Gasteiger partial charge in [0.15, 0.2) is 11.6 Å². The summed E-state index contributed by atoms with van der Waals surface area (Å²) in [4.78, 5) is 25.1. The number of hydrogen-bond donors (Lipinski definition) is 1. The Hall–Kier alpha value is -3.06. The lowest BCUT2D eigenvalue weighted by Crippen LogP contribution is -2.25. The fourth-order valence-corrected chi connectivity index (χ4v) is 3.54. The van der Waals surface area contributed by atoms with Crippen molar-refractivity contribution in [1.29, 1.82) is 0 Å². The first-order valence-corrected chi connectivity index (χ1v) is 8.96. The lowest BCUT2D eigenvalue weighted by molar-refractivity contribution is 0.0695. The van der Waals surface area contributed by atoms with E-state index in [9.17, 15) is 27.9 Å². The number of nitrogens with zero attached hydrogens (tertiary/aromatic N) is 1. The largest absolute Gasteiger partial charge is 0.477 e. The Morgan fingerprint density at radius 2 is 1.76 bits per heavy atom. The molecule has 0 saturated heterocycles. The molecule has 0 radical (unpaired) electrons. The fraction of sp³-hybridized carbons (Fsp3) is 0.143. The van der Waals surface area contributed by atoms with Crippen LogP contribution in [-0.4, -0.2) is 15.6 Å². The van der Waals surface area contributed by atoms with Crippen molar-refractivity contribution < 1.29 is 23.1 Å². The van der Waals surface area contributed by atoms with Gasteiger partial charge in [0.05, 0.1) is 11.3 Å². The molecule has 1 aromatic heterocycles. The highest BCUT2D eigenvalue weighted by Crippen LogP contribution is 2.32. The van der Waals surface area contributed by atoms with E-state index >= 15 is 0 Å². The highest BCUT2D eigenvalue weighted by molar-refractivity contribution is 6.30. The van der Waals surface area contributed by atoms with E-state index in [-0.39, 0.29) is 39.6 Å². The first-order chi connectivity index (χ1) is 13.7. The Morgan fingerprint density at radius 1 is 1.07 bits per heavy atom. The van der Waals surface area contributed by atoms with Crippen LogP contribution in [0.1, 0.15) is 23.0 Å². The quantitative estimate of drug-likeness (QED) is 0.623. The monoisotopic (exact) mass is 421 g/mol. The number of aromatic nitrogens is 1. The van der Waals surface area contributed by atoms with Crippen molar-refractivity contribution >= 4 is 17.6 Å². The van der Waals surface area contributed by atoms with Crippen molar-refractivity contribution in [2.24, 2.45) is 0 Å². The lowest BCUT2D eigenvalue weighted by Gasteiger charge is -2.21. The van der Waals surface area contributed by atoms with E-state index in [1.807, 2.05) is 0 Å². The van der Waals surface area contributed by atoms with Gasteiger partial charge in [-0.2, -0.15) is 0 Å². The first-order valence-electron chi connectivity index (χ1n) is 8.58. The maximum Gasteiger partial charge on any atom is 0.341 e. The lowest BCUT2D eigenvalue weighted by atomic mass is 9.96. The Kier molecular flexibility index (Phi) is 5.53. The molecule has 1 N–H and O–H groups in total. The summed E-state index contributed by atoms with van der Waals surface area (Å²) in [6.45, 7) is 3.42. The number of aromatic carboxylic acids is 1. The van der Waals surface area contributed by atoms with Crippen LogP contribution in [-0.2, 0) is 6.54 Å². The molecular weight excluding hydrogens is 407 g/mol. The molecule has 0 aliphatic rings. The van der Waals surface area contributed by atoms with E-state index in [0.29, 0.717) is 0 Å². The molecule has 0 aliphatic heterocycles. The molecule has 0 saturated carbocycles. The van der Waals surface area contributed by atoms with Crippen molar-refractivity contribution in [2.75, 3.05) is 0 Å². The zero-order valence-corrected chi connectivity index (χ0v) is 16.1. The predicted octanol–water partition coefficient (Wildman–Crippen LogP) is 5.28. The molecule has 0 atom stereocenters. The average molecular weight is 422 g/mol. The van der Waals surface area contributed by atoms with E-state index in [1.54, 1.807) is 6.92 Å². The molecule has 0 fully saturated rings. The van der Waals surface area contributed by atoms with Gasteiger partial charge in [-0.3, -0.25) is 4.79 Å². The Morgan fingerprint density at radius 3 is 2.31 bits per heavy atom. The Labute approximate surface area is 168 Å². The van der Waals surface area contributed by atoms with E-state index < -0.39 is 34.4 Å². The number of halogens is 4. The minimum absolute atomic E-state index is 0.0199. The summed E-state index contributed by atoms with van der Waals surface area (Å²) >= 11 is 5.77. The van der Waals surface area contributed by atoms with Gasteiger partial charge in [0.25, 0.3) is 0 Å². The topological polar surface area (TPSA) is 59.3 Å². The van der Waals surface area contributed by atoms with Gasteiger partial charge < -0.3 is 9.67 Å². The summed E-state index contributed by atoms with van der Waals surface area (Å²) in [6, 6.07) is 6.57. The van der Waals surface area contributed by atoms with Crippen LogP contribution in [0.3, 0.4) is 0 Å². The maximum absolute atomic E-state index is 14.5. The highest BCUT2D eigenvalue weighted by Gasteiger charge is 2.27. The summed E-state index contributed by atoms with van der Waals surface area (Å²) in [5.74, 6) is -4.63. The molecular formula is C21H15ClF3NO3. The maximum atomic E-state index is 14.5. The van der Waals surface area contributed by atoms with Crippen molar-refractivity contribution in [2.45, 2.75) is 20.4 Å². The zero-order chi connectivity index (χ0) is 21.5. The summed E-state index contributed by atoms with van der Waals surface area (Å²) in [7, 11) is 0. The molecule has 0 spiro atoms. The van der Waals surface area contributed by atoms with Crippen molar-refractivity contribution in [3.05, 3.63) is 80.4 Å². The molecule has 150 valence electrons. The van der Waals surface area contributed by atoms with Gasteiger partial charge in [0.2, 0.25) is 5.43 Å². The van der Waals surface area contributed by atoms with Gasteiger partial charge in [0, 0.05) is 28.4 Å². The summed E-state index contributed by atoms with van der Waals surface area (Å²) in [5, 5.41) is 9.85. The zero-order valence-electron chi connectivity index (χ0n) is 15.4. The standard InChI is InChI=1S/C21H15ClF3NO3/c1-3-26-10(2)17(13-6-5-12(22)9-15(13)24)20(27)18(21(28)29)19(26)11-4-7-14(23)16(25)8-11/h4-9H,3H2,1-2H3,(H,28,29). The Balaban J connectivity index is 2.47. The van der Waals surface area contributed by atoms with Crippen LogP contribution in [0.4, 0.5) is 13.2 Å².